The summed E-state index contributed by atoms with van der Waals surface area (Å²) >= 11 is 0. The van der Waals surface area contributed by atoms with Gasteiger partial charge in [0.15, 0.2) is 0 Å². The van der Waals surface area contributed by atoms with E-state index in [0.29, 0.717) is 0 Å². The molecular formula is C20H27N3O. The Morgan fingerprint density at radius 1 is 1.04 bits per heavy atom. The summed E-state index contributed by atoms with van der Waals surface area (Å²) in [4.78, 5) is 9.85. The highest BCUT2D eigenvalue weighted by Gasteiger charge is 2.24. The molecule has 0 unspecified atom stereocenters. The number of hydrogen-bond donors (Lipinski definition) is 0. The number of hydrogen-bond acceptors (Lipinski definition) is 4. The molecule has 3 heterocycles. The smallest absolute Gasteiger partial charge is 0.0751 e. The Kier molecular flexibility index (Phi) is 4.67. The molecule has 4 rings (SSSR count). The van der Waals surface area contributed by atoms with Gasteiger partial charge in [-0.1, -0.05) is 18.2 Å². The Labute approximate surface area is 144 Å². The first-order chi connectivity index (χ1) is 11.8. The zero-order valence-electron chi connectivity index (χ0n) is 14.6. The van der Waals surface area contributed by atoms with E-state index in [-0.39, 0.29) is 0 Å². The molecule has 0 amide bonds. The summed E-state index contributed by atoms with van der Waals surface area (Å²) in [5.74, 6) is 0. The molecule has 2 aromatic rings. The predicted molar refractivity (Wildman–Crippen MR) is 98.7 cm³/mol. The molecule has 0 bridgehead atoms. The molecule has 128 valence electrons. The second-order valence-electron chi connectivity index (χ2n) is 7.02. The fourth-order valence-electron chi connectivity index (χ4n) is 4.18. The molecule has 0 spiro atoms. The Morgan fingerprint density at radius 3 is 2.79 bits per heavy atom. The van der Waals surface area contributed by atoms with Crippen LogP contribution in [-0.4, -0.2) is 55.3 Å². The van der Waals surface area contributed by atoms with Crippen LogP contribution >= 0.6 is 0 Å². The highest BCUT2D eigenvalue weighted by molar-refractivity contribution is 5.93. The summed E-state index contributed by atoms with van der Waals surface area (Å²) in [6, 6.07) is 9.41. The number of ether oxygens (including phenoxy) is 1. The summed E-state index contributed by atoms with van der Waals surface area (Å²) < 4.78 is 5.53. The Bertz CT molecular complexity index is 696. The van der Waals surface area contributed by atoms with E-state index in [0.717, 1.165) is 44.4 Å². The number of nitrogens with zero attached hydrogens (tertiary/aromatic N) is 3. The zero-order chi connectivity index (χ0) is 16.4. The van der Waals surface area contributed by atoms with Gasteiger partial charge in [0.05, 0.1) is 5.52 Å². The maximum Gasteiger partial charge on any atom is 0.0751 e. The molecule has 1 aromatic carbocycles. The van der Waals surface area contributed by atoms with Crippen LogP contribution in [0.1, 0.15) is 24.8 Å². The van der Waals surface area contributed by atoms with Crippen molar-refractivity contribution in [1.29, 1.82) is 0 Å². The van der Waals surface area contributed by atoms with E-state index in [1.165, 1.54) is 42.4 Å². The third-order valence-electron chi connectivity index (χ3n) is 5.53. The van der Waals surface area contributed by atoms with Crippen LogP contribution in [0.4, 0.5) is 5.69 Å². The number of rotatable bonds is 2. The summed E-state index contributed by atoms with van der Waals surface area (Å²) in [6.45, 7) is 8.60. The van der Waals surface area contributed by atoms with Crippen LogP contribution in [0.15, 0.2) is 30.5 Å². The van der Waals surface area contributed by atoms with Crippen LogP contribution in [-0.2, 0) is 4.74 Å². The lowest BCUT2D eigenvalue weighted by molar-refractivity contribution is 0.0365. The molecule has 0 radical (unpaired) electrons. The van der Waals surface area contributed by atoms with Gasteiger partial charge in [0.25, 0.3) is 0 Å². The van der Waals surface area contributed by atoms with Gasteiger partial charge in [-0.25, -0.2) is 0 Å². The molecule has 0 N–H and O–H groups in total. The lowest BCUT2D eigenvalue weighted by Gasteiger charge is -2.33. The lowest BCUT2D eigenvalue weighted by atomic mass is 10.1. The Morgan fingerprint density at radius 2 is 1.92 bits per heavy atom. The van der Waals surface area contributed by atoms with Gasteiger partial charge in [0, 0.05) is 62.7 Å². The van der Waals surface area contributed by atoms with Gasteiger partial charge in [0.2, 0.25) is 0 Å². The molecule has 2 fully saturated rings. The molecule has 0 aliphatic carbocycles. The quantitative estimate of drug-likeness (QED) is 0.847. The minimum Gasteiger partial charge on any atom is -0.381 e. The molecule has 24 heavy (non-hydrogen) atoms. The topological polar surface area (TPSA) is 28.6 Å². The summed E-state index contributed by atoms with van der Waals surface area (Å²) in [7, 11) is 0. The highest BCUT2D eigenvalue weighted by Crippen LogP contribution is 2.28. The predicted octanol–water partition coefficient (Wildman–Crippen LogP) is 3.23. The van der Waals surface area contributed by atoms with Crippen molar-refractivity contribution in [2.24, 2.45) is 0 Å². The largest absolute Gasteiger partial charge is 0.381 e. The van der Waals surface area contributed by atoms with Crippen molar-refractivity contribution in [2.75, 3.05) is 44.3 Å². The first kappa shape index (κ1) is 15.9. The average Bonchev–Trinajstić information content (AvgIpc) is 2.89. The highest BCUT2D eigenvalue weighted by atomic mass is 16.5. The average molecular weight is 325 g/mol. The van der Waals surface area contributed by atoms with Gasteiger partial charge in [-0.2, -0.15) is 0 Å². The number of aromatic nitrogens is 1. The van der Waals surface area contributed by atoms with Gasteiger partial charge in [-0.05, 0) is 37.8 Å². The normalized spacial score (nSPS) is 21.1. The lowest BCUT2D eigenvalue weighted by Crippen LogP contribution is -2.41. The number of fused-ring (bicyclic) bond motifs is 1. The van der Waals surface area contributed by atoms with Crippen LogP contribution in [0.2, 0.25) is 0 Å². The van der Waals surface area contributed by atoms with Gasteiger partial charge < -0.3 is 9.64 Å². The van der Waals surface area contributed by atoms with Gasteiger partial charge in [-0.15, -0.1) is 0 Å². The van der Waals surface area contributed by atoms with Crippen molar-refractivity contribution in [1.82, 2.24) is 9.88 Å². The fraction of sp³-hybridized carbons (Fsp3) is 0.550. The number of benzene rings is 1. The van der Waals surface area contributed by atoms with Crippen molar-refractivity contribution in [3.05, 3.63) is 36.0 Å². The molecule has 0 saturated carbocycles. The van der Waals surface area contributed by atoms with E-state index >= 15 is 0 Å². The first-order valence-corrected chi connectivity index (χ1v) is 9.24. The number of pyridine rings is 1. The van der Waals surface area contributed by atoms with Crippen molar-refractivity contribution >= 4 is 16.6 Å². The SMILES string of the molecule is Cc1cccc2c(N3CCCN(C4CCOCC4)CC3)ccnc12. The van der Waals surface area contributed by atoms with E-state index in [2.05, 4.69) is 46.0 Å². The number of aryl methyl sites for hydroxylation is 1. The second kappa shape index (κ2) is 7.08. The number of anilines is 1. The maximum absolute atomic E-state index is 5.53. The van der Waals surface area contributed by atoms with Gasteiger partial charge in [-0.3, -0.25) is 9.88 Å². The Hall–Kier alpha value is -1.65. The molecule has 2 saturated heterocycles. The van der Waals surface area contributed by atoms with Crippen molar-refractivity contribution in [3.63, 3.8) is 0 Å². The van der Waals surface area contributed by atoms with E-state index in [1.54, 1.807) is 0 Å². The molecule has 2 aliphatic heterocycles. The summed E-state index contributed by atoms with van der Waals surface area (Å²) in [6.07, 6.45) is 5.58. The molecule has 4 heteroatoms. The van der Waals surface area contributed by atoms with Crippen molar-refractivity contribution in [2.45, 2.75) is 32.2 Å². The molecule has 4 nitrogen and oxygen atoms in total. The molecule has 0 atom stereocenters. The summed E-state index contributed by atoms with van der Waals surface area (Å²) in [5, 5.41) is 1.29. The van der Waals surface area contributed by atoms with E-state index in [4.69, 9.17) is 4.74 Å². The third kappa shape index (κ3) is 3.13. The van der Waals surface area contributed by atoms with Crippen molar-refractivity contribution in [3.8, 4) is 0 Å². The summed E-state index contributed by atoms with van der Waals surface area (Å²) in [5.41, 5.74) is 3.74. The molecular weight excluding hydrogens is 298 g/mol. The third-order valence-corrected chi connectivity index (χ3v) is 5.53. The van der Waals surface area contributed by atoms with Crippen LogP contribution in [0.25, 0.3) is 10.9 Å². The standard InChI is InChI=1S/C20H27N3O/c1-16-4-2-5-18-19(6-9-21-20(16)18)23-11-3-10-22(12-13-23)17-7-14-24-15-8-17/h2,4-6,9,17H,3,7-8,10-15H2,1H3. The zero-order valence-corrected chi connectivity index (χ0v) is 14.6. The molecule has 1 aromatic heterocycles. The van der Waals surface area contributed by atoms with E-state index < -0.39 is 0 Å². The Balaban J connectivity index is 1.54. The van der Waals surface area contributed by atoms with Crippen LogP contribution in [0.5, 0.6) is 0 Å². The number of para-hydroxylation sites is 1. The second-order valence-corrected chi connectivity index (χ2v) is 7.02. The van der Waals surface area contributed by atoms with Crippen LogP contribution < -0.4 is 4.90 Å². The minimum atomic E-state index is 0.718. The van der Waals surface area contributed by atoms with E-state index in [9.17, 15) is 0 Å². The molecule has 2 aliphatic rings. The minimum absolute atomic E-state index is 0.718. The van der Waals surface area contributed by atoms with Crippen LogP contribution in [0, 0.1) is 6.92 Å². The maximum atomic E-state index is 5.53. The van der Waals surface area contributed by atoms with Crippen molar-refractivity contribution < 1.29 is 4.74 Å². The van der Waals surface area contributed by atoms with E-state index in [1.807, 2.05) is 6.20 Å². The van der Waals surface area contributed by atoms with Crippen LogP contribution in [0.3, 0.4) is 0 Å². The first-order valence-electron chi connectivity index (χ1n) is 9.24. The fourth-order valence-corrected chi connectivity index (χ4v) is 4.18. The monoisotopic (exact) mass is 325 g/mol. The van der Waals surface area contributed by atoms with Gasteiger partial charge >= 0.3 is 0 Å². The van der Waals surface area contributed by atoms with Gasteiger partial charge in [0.1, 0.15) is 0 Å².